The van der Waals surface area contributed by atoms with E-state index in [0.29, 0.717) is 0 Å². The average molecular weight is 342 g/mol. The Labute approximate surface area is 148 Å². The van der Waals surface area contributed by atoms with Crippen molar-refractivity contribution in [3.05, 3.63) is 29.8 Å². The Morgan fingerprint density at radius 2 is 2.08 bits per heavy atom. The van der Waals surface area contributed by atoms with Gasteiger partial charge >= 0.3 is 6.03 Å². The Morgan fingerprint density at radius 1 is 1.20 bits per heavy atom. The second-order valence-corrected chi connectivity index (χ2v) is 8.36. The van der Waals surface area contributed by atoms with Gasteiger partial charge in [0.15, 0.2) is 0 Å². The average Bonchev–Trinajstić information content (AvgIpc) is 3.23. The first-order valence-corrected chi connectivity index (χ1v) is 9.58. The summed E-state index contributed by atoms with van der Waals surface area (Å²) in [6, 6.07) is 8.28. The molecule has 5 nitrogen and oxygen atoms in total. The van der Waals surface area contributed by atoms with Crippen LogP contribution >= 0.6 is 0 Å². The molecule has 0 unspecified atom stereocenters. The van der Waals surface area contributed by atoms with E-state index in [2.05, 4.69) is 11.4 Å². The summed E-state index contributed by atoms with van der Waals surface area (Å²) < 4.78 is 11.9. The number of benzene rings is 1. The maximum atomic E-state index is 12.9. The zero-order valence-electron chi connectivity index (χ0n) is 14.6. The lowest BCUT2D eigenvalue weighted by molar-refractivity contribution is -0.0359. The number of urea groups is 1. The zero-order valence-corrected chi connectivity index (χ0v) is 14.6. The molecule has 5 rings (SSSR count). The van der Waals surface area contributed by atoms with Crippen molar-refractivity contribution in [2.24, 2.45) is 5.41 Å². The minimum absolute atomic E-state index is 0.0501. The molecule has 2 amide bonds. The van der Waals surface area contributed by atoms with E-state index in [-0.39, 0.29) is 23.1 Å². The Kier molecular flexibility index (Phi) is 3.49. The molecule has 0 radical (unpaired) electrons. The van der Waals surface area contributed by atoms with Crippen LogP contribution in [0, 0.1) is 5.41 Å². The highest BCUT2D eigenvalue weighted by atomic mass is 16.5. The summed E-state index contributed by atoms with van der Waals surface area (Å²) in [6.45, 7) is 3.31. The molecule has 1 saturated carbocycles. The maximum absolute atomic E-state index is 12.9. The first kappa shape index (κ1) is 15.5. The summed E-state index contributed by atoms with van der Waals surface area (Å²) >= 11 is 0. The van der Waals surface area contributed by atoms with Crippen LogP contribution in [0.15, 0.2) is 24.3 Å². The van der Waals surface area contributed by atoms with Gasteiger partial charge in [-0.1, -0.05) is 18.2 Å². The number of ether oxygens (including phenoxy) is 2. The van der Waals surface area contributed by atoms with Crippen molar-refractivity contribution in [2.75, 3.05) is 26.3 Å². The van der Waals surface area contributed by atoms with Crippen molar-refractivity contribution in [3.8, 4) is 5.75 Å². The SMILES string of the molecule is O=C(N[C@@H]1CC2(CCC2)Oc2ccccc21)N1CC[C@@]2(CCOC2)C1. The molecule has 3 heterocycles. The Morgan fingerprint density at radius 3 is 2.84 bits per heavy atom. The van der Waals surface area contributed by atoms with Crippen LogP contribution in [0.2, 0.25) is 0 Å². The predicted molar refractivity (Wildman–Crippen MR) is 93.6 cm³/mol. The monoisotopic (exact) mass is 342 g/mol. The number of nitrogens with one attached hydrogen (secondary N) is 1. The quantitative estimate of drug-likeness (QED) is 0.852. The molecule has 2 spiro atoms. The van der Waals surface area contributed by atoms with Gasteiger partial charge in [-0.2, -0.15) is 0 Å². The number of hydrogen-bond acceptors (Lipinski definition) is 3. The van der Waals surface area contributed by atoms with Crippen molar-refractivity contribution in [3.63, 3.8) is 0 Å². The summed E-state index contributed by atoms with van der Waals surface area (Å²) in [7, 11) is 0. The third kappa shape index (κ3) is 2.60. The fourth-order valence-electron chi connectivity index (χ4n) is 4.94. The van der Waals surface area contributed by atoms with Crippen LogP contribution in [0.5, 0.6) is 5.75 Å². The van der Waals surface area contributed by atoms with E-state index in [1.807, 2.05) is 23.1 Å². The van der Waals surface area contributed by atoms with Crippen LogP contribution in [0.1, 0.15) is 50.1 Å². The topological polar surface area (TPSA) is 50.8 Å². The Bertz CT molecular complexity index is 679. The van der Waals surface area contributed by atoms with Crippen molar-refractivity contribution < 1.29 is 14.3 Å². The molecule has 3 fully saturated rings. The summed E-state index contributed by atoms with van der Waals surface area (Å²) in [5, 5.41) is 3.31. The molecule has 134 valence electrons. The second-order valence-electron chi connectivity index (χ2n) is 8.36. The normalized spacial score (nSPS) is 32.3. The molecule has 0 bridgehead atoms. The number of hydrogen-bond donors (Lipinski definition) is 1. The minimum atomic E-state index is -0.0577. The first-order valence-electron chi connectivity index (χ1n) is 9.58. The van der Waals surface area contributed by atoms with Crippen LogP contribution in [0.25, 0.3) is 0 Å². The van der Waals surface area contributed by atoms with Crippen molar-refractivity contribution >= 4 is 6.03 Å². The van der Waals surface area contributed by atoms with Gasteiger partial charge in [0, 0.05) is 37.1 Å². The van der Waals surface area contributed by atoms with Crippen LogP contribution in [-0.2, 0) is 4.74 Å². The van der Waals surface area contributed by atoms with E-state index in [4.69, 9.17) is 9.47 Å². The van der Waals surface area contributed by atoms with Gasteiger partial charge in [0.05, 0.1) is 12.6 Å². The number of para-hydroxylation sites is 1. The smallest absolute Gasteiger partial charge is 0.317 e. The standard InChI is InChI=1S/C20H26N2O3/c23-18(22-10-8-19(13-22)9-11-24-14-19)21-16-12-20(6-3-7-20)25-17-5-2-1-4-15(16)17/h1-2,4-5,16H,3,6-14H2,(H,21,23)/t16-,19-/m1/s1. The van der Waals surface area contributed by atoms with Crippen molar-refractivity contribution in [1.29, 1.82) is 0 Å². The van der Waals surface area contributed by atoms with E-state index in [1.165, 1.54) is 6.42 Å². The predicted octanol–water partition coefficient (Wildman–Crippen LogP) is 3.25. The van der Waals surface area contributed by atoms with Gasteiger partial charge in [0.2, 0.25) is 0 Å². The number of amides is 2. The molecule has 0 aromatic heterocycles. The van der Waals surface area contributed by atoms with E-state index in [0.717, 1.165) is 69.7 Å². The van der Waals surface area contributed by atoms with Crippen LogP contribution in [0.4, 0.5) is 4.79 Å². The maximum Gasteiger partial charge on any atom is 0.317 e. The van der Waals surface area contributed by atoms with Crippen LogP contribution < -0.4 is 10.1 Å². The van der Waals surface area contributed by atoms with Gasteiger partial charge < -0.3 is 19.7 Å². The third-order valence-electron chi connectivity index (χ3n) is 6.67. The van der Waals surface area contributed by atoms with Gasteiger partial charge in [-0.05, 0) is 38.2 Å². The van der Waals surface area contributed by atoms with E-state index < -0.39 is 0 Å². The highest BCUT2D eigenvalue weighted by Gasteiger charge is 2.47. The molecule has 2 saturated heterocycles. The lowest BCUT2D eigenvalue weighted by Gasteiger charge is -2.48. The number of likely N-dealkylation sites (tertiary alicyclic amines) is 1. The first-order chi connectivity index (χ1) is 12.2. The van der Waals surface area contributed by atoms with Crippen LogP contribution in [0.3, 0.4) is 0 Å². The Hall–Kier alpha value is -1.75. The highest BCUT2D eigenvalue weighted by Crippen LogP contribution is 2.49. The lowest BCUT2D eigenvalue weighted by Crippen LogP contribution is -2.51. The minimum Gasteiger partial charge on any atom is -0.487 e. The van der Waals surface area contributed by atoms with E-state index in [9.17, 15) is 4.79 Å². The molecule has 4 aliphatic rings. The van der Waals surface area contributed by atoms with Gasteiger partial charge in [0.25, 0.3) is 0 Å². The molecular formula is C20H26N2O3. The molecule has 5 heteroatoms. The molecule has 25 heavy (non-hydrogen) atoms. The van der Waals surface area contributed by atoms with Gasteiger partial charge in [0.1, 0.15) is 11.4 Å². The third-order valence-corrected chi connectivity index (χ3v) is 6.67. The molecule has 1 aliphatic carbocycles. The number of carbonyl (C=O) groups excluding carboxylic acids is 1. The fourth-order valence-corrected chi connectivity index (χ4v) is 4.94. The second kappa shape index (κ2) is 5.63. The van der Waals surface area contributed by atoms with Gasteiger partial charge in [-0.3, -0.25) is 0 Å². The largest absolute Gasteiger partial charge is 0.487 e. The summed E-state index contributed by atoms with van der Waals surface area (Å²) in [6.07, 6.45) is 6.44. The van der Waals surface area contributed by atoms with E-state index in [1.54, 1.807) is 0 Å². The lowest BCUT2D eigenvalue weighted by atomic mass is 9.73. The van der Waals surface area contributed by atoms with Crippen LogP contribution in [-0.4, -0.2) is 42.8 Å². The molecule has 1 aromatic rings. The Balaban J connectivity index is 1.32. The summed E-state index contributed by atoms with van der Waals surface area (Å²) in [4.78, 5) is 14.9. The molecular weight excluding hydrogens is 316 g/mol. The number of carbonyl (C=O) groups is 1. The molecule has 3 aliphatic heterocycles. The molecule has 1 aromatic carbocycles. The highest BCUT2D eigenvalue weighted by molar-refractivity contribution is 5.75. The van der Waals surface area contributed by atoms with Crippen molar-refractivity contribution in [1.82, 2.24) is 10.2 Å². The molecule has 2 atom stereocenters. The number of fused-ring (bicyclic) bond motifs is 1. The molecule has 1 N–H and O–H groups in total. The summed E-state index contributed by atoms with van der Waals surface area (Å²) in [5.74, 6) is 0.945. The van der Waals surface area contributed by atoms with Crippen molar-refractivity contribution in [2.45, 2.75) is 50.2 Å². The summed E-state index contributed by atoms with van der Waals surface area (Å²) in [5.41, 5.74) is 1.27. The number of rotatable bonds is 1. The van der Waals surface area contributed by atoms with E-state index >= 15 is 0 Å². The van der Waals surface area contributed by atoms with Gasteiger partial charge in [-0.25, -0.2) is 4.79 Å². The number of nitrogens with zero attached hydrogens (tertiary/aromatic N) is 1. The zero-order chi connectivity index (χ0) is 16.9. The fraction of sp³-hybridized carbons (Fsp3) is 0.650. The van der Waals surface area contributed by atoms with Gasteiger partial charge in [-0.15, -0.1) is 0 Å².